The molecule has 0 unspecified atom stereocenters. The Morgan fingerprint density at radius 2 is 2.37 bits per heavy atom. The summed E-state index contributed by atoms with van der Waals surface area (Å²) in [5.41, 5.74) is 3.35. The van der Waals surface area contributed by atoms with Crippen LogP contribution >= 0.6 is 23.1 Å². The first-order valence-electron chi connectivity index (χ1n) is 6.37. The highest BCUT2D eigenvalue weighted by Gasteiger charge is 2.18. The second-order valence-corrected chi connectivity index (χ2v) is 6.97. The van der Waals surface area contributed by atoms with Crippen LogP contribution in [-0.2, 0) is 18.6 Å². The lowest BCUT2D eigenvalue weighted by Gasteiger charge is -2.08. The van der Waals surface area contributed by atoms with Crippen LogP contribution in [0.1, 0.15) is 31.4 Å². The third-order valence-electron chi connectivity index (χ3n) is 3.35. The molecule has 0 spiro atoms. The molecule has 0 fully saturated rings. The molecule has 0 saturated carbocycles. The molecule has 1 aliphatic rings. The number of thioether (sulfide) groups is 1. The Kier molecular flexibility index (Phi) is 3.71. The van der Waals surface area contributed by atoms with Crippen LogP contribution in [0.4, 0.5) is 0 Å². The zero-order valence-electron chi connectivity index (χ0n) is 10.8. The lowest BCUT2D eigenvalue weighted by Crippen LogP contribution is -2.04. The first-order chi connectivity index (χ1) is 9.24. The van der Waals surface area contributed by atoms with E-state index in [0.29, 0.717) is 6.42 Å². The van der Waals surface area contributed by atoms with Gasteiger partial charge >= 0.3 is 0 Å². The maximum absolute atomic E-state index is 12.3. The Hall–Kier alpha value is -1.13. The topological polar surface area (TPSA) is 30.0 Å². The number of Topliss-reactive ketones (excluding diaryl/α,β-unsaturated/α-hetero) is 1. The summed E-state index contributed by atoms with van der Waals surface area (Å²) in [6.07, 6.45) is 3.28. The lowest BCUT2D eigenvalue weighted by molar-refractivity contribution is 0.0995. The molecule has 0 aliphatic carbocycles. The Bertz CT molecular complexity index is 595. The Balaban J connectivity index is 1.81. The zero-order valence-corrected chi connectivity index (χ0v) is 12.4. The molecule has 3 rings (SSSR count). The van der Waals surface area contributed by atoms with Crippen LogP contribution in [0.5, 0.6) is 0 Å². The molecular formula is C15H15NOS2. The number of thiophene rings is 1. The molecule has 2 aromatic rings. The molecule has 0 aromatic carbocycles. The van der Waals surface area contributed by atoms with Crippen LogP contribution in [0.15, 0.2) is 24.4 Å². The molecule has 0 bridgehead atoms. The number of ketones is 1. The highest BCUT2D eigenvalue weighted by Crippen LogP contribution is 2.32. The minimum atomic E-state index is 0.200. The first kappa shape index (κ1) is 12.9. The Labute approximate surface area is 121 Å². The number of carbonyl (C=O) groups is 1. The minimum absolute atomic E-state index is 0.200. The Morgan fingerprint density at radius 3 is 3.16 bits per heavy atom. The molecule has 98 valence electrons. The van der Waals surface area contributed by atoms with Gasteiger partial charge in [-0.3, -0.25) is 9.78 Å². The van der Waals surface area contributed by atoms with Crippen molar-refractivity contribution in [3.8, 4) is 0 Å². The normalized spacial score (nSPS) is 14.2. The van der Waals surface area contributed by atoms with Crippen molar-refractivity contribution in [2.24, 2.45) is 0 Å². The van der Waals surface area contributed by atoms with Gasteiger partial charge in [0, 0.05) is 16.8 Å². The van der Waals surface area contributed by atoms with Crippen molar-refractivity contribution in [2.45, 2.75) is 25.5 Å². The van der Waals surface area contributed by atoms with Gasteiger partial charge in [0.15, 0.2) is 5.78 Å². The summed E-state index contributed by atoms with van der Waals surface area (Å²) in [6, 6.07) is 6.00. The summed E-state index contributed by atoms with van der Waals surface area (Å²) < 4.78 is 0. The quantitative estimate of drug-likeness (QED) is 0.808. The monoisotopic (exact) mass is 289 g/mol. The van der Waals surface area contributed by atoms with E-state index in [0.717, 1.165) is 28.3 Å². The van der Waals surface area contributed by atoms with Crippen LogP contribution in [-0.4, -0.2) is 16.5 Å². The number of carbonyl (C=O) groups excluding carboxylic acids is 1. The van der Waals surface area contributed by atoms with E-state index in [9.17, 15) is 4.79 Å². The van der Waals surface area contributed by atoms with Crippen molar-refractivity contribution in [3.63, 3.8) is 0 Å². The molecule has 0 N–H and O–H groups in total. The maximum atomic E-state index is 12.3. The highest BCUT2D eigenvalue weighted by molar-refractivity contribution is 7.98. The molecule has 0 saturated heterocycles. The largest absolute Gasteiger partial charge is 0.293 e. The van der Waals surface area contributed by atoms with Gasteiger partial charge in [-0.15, -0.1) is 11.3 Å². The Morgan fingerprint density at radius 1 is 1.47 bits per heavy atom. The van der Waals surface area contributed by atoms with Crippen molar-refractivity contribution >= 4 is 28.9 Å². The fraction of sp³-hybridized carbons (Fsp3) is 0.333. The standard InChI is InChI=1S/C15H15NOS2/c1-10-3-2-5-16-12(10)8-13(17)15-7-11-9-18-6-4-14(11)19-15/h2-3,5,7H,4,6,8-9H2,1H3. The van der Waals surface area contributed by atoms with E-state index in [4.69, 9.17) is 0 Å². The zero-order chi connectivity index (χ0) is 13.2. The average Bonchev–Trinajstić information content (AvgIpc) is 2.85. The predicted molar refractivity (Wildman–Crippen MR) is 81.2 cm³/mol. The molecule has 0 amide bonds. The van der Waals surface area contributed by atoms with Crippen molar-refractivity contribution in [1.29, 1.82) is 0 Å². The summed E-state index contributed by atoms with van der Waals surface area (Å²) in [5.74, 6) is 2.44. The van der Waals surface area contributed by atoms with Crippen LogP contribution < -0.4 is 0 Å². The highest BCUT2D eigenvalue weighted by atomic mass is 32.2. The lowest BCUT2D eigenvalue weighted by atomic mass is 10.1. The molecule has 4 heteroatoms. The van der Waals surface area contributed by atoms with Crippen molar-refractivity contribution in [3.05, 3.63) is 51.0 Å². The smallest absolute Gasteiger partial charge is 0.178 e. The summed E-state index contributed by atoms with van der Waals surface area (Å²) in [7, 11) is 0. The molecule has 2 aromatic heterocycles. The first-order valence-corrected chi connectivity index (χ1v) is 8.34. The number of aromatic nitrogens is 1. The van der Waals surface area contributed by atoms with E-state index >= 15 is 0 Å². The van der Waals surface area contributed by atoms with Crippen molar-refractivity contribution in [2.75, 3.05) is 5.75 Å². The van der Waals surface area contributed by atoms with Gasteiger partial charge in [0.1, 0.15) is 0 Å². The van der Waals surface area contributed by atoms with Crippen molar-refractivity contribution < 1.29 is 4.79 Å². The van der Waals surface area contributed by atoms with Gasteiger partial charge in [-0.25, -0.2) is 0 Å². The number of nitrogens with zero attached hydrogens (tertiary/aromatic N) is 1. The second kappa shape index (κ2) is 5.47. The number of aryl methyl sites for hydroxylation is 2. The molecule has 2 nitrogen and oxygen atoms in total. The molecule has 3 heterocycles. The van der Waals surface area contributed by atoms with E-state index in [-0.39, 0.29) is 5.78 Å². The fourth-order valence-electron chi connectivity index (χ4n) is 2.23. The van der Waals surface area contributed by atoms with Gasteiger partial charge in [0.2, 0.25) is 0 Å². The summed E-state index contributed by atoms with van der Waals surface area (Å²) >= 11 is 3.63. The fourth-order valence-corrected chi connectivity index (χ4v) is 4.54. The number of hydrogen-bond donors (Lipinski definition) is 0. The summed E-state index contributed by atoms with van der Waals surface area (Å²) in [4.78, 5) is 19.0. The van der Waals surface area contributed by atoms with Gasteiger partial charge in [-0.05, 0) is 42.4 Å². The van der Waals surface area contributed by atoms with Crippen LogP contribution in [0, 0.1) is 6.92 Å². The number of rotatable bonds is 3. The van der Waals surface area contributed by atoms with Gasteiger partial charge in [-0.2, -0.15) is 11.8 Å². The van der Waals surface area contributed by atoms with Crippen LogP contribution in [0.2, 0.25) is 0 Å². The molecule has 0 atom stereocenters. The predicted octanol–water partition coefficient (Wildman–Crippen LogP) is 3.67. The number of fused-ring (bicyclic) bond motifs is 1. The summed E-state index contributed by atoms with van der Waals surface area (Å²) in [5, 5.41) is 0. The number of pyridine rings is 1. The van der Waals surface area contributed by atoms with Crippen LogP contribution in [0.3, 0.4) is 0 Å². The molecule has 19 heavy (non-hydrogen) atoms. The number of hydrogen-bond acceptors (Lipinski definition) is 4. The molecule has 0 radical (unpaired) electrons. The summed E-state index contributed by atoms with van der Waals surface area (Å²) in [6.45, 7) is 2.01. The molecule has 1 aliphatic heterocycles. The van der Waals surface area contributed by atoms with E-state index in [2.05, 4.69) is 11.1 Å². The minimum Gasteiger partial charge on any atom is -0.293 e. The third kappa shape index (κ3) is 2.74. The maximum Gasteiger partial charge on any atom is 0.178 e. The van der Waals surface area contributed by atoms with Gasteiger partial charge in [0.25, 0.3) is 0 Å². The van der Waals surface area contributed by atoms with E-state index in [1.807, 2.05) is 30.8 Å². The van der Waals surface area contributed by atoms with E-state index in [1.54, 1.807) is 17.5 Å². The average molecular weight is 289 g/mol. The van der Waals surface area contributed by atoms with Crippen molar-refractivity contribution in [1.82, 2.24) is 4.98 Å². The molecular weight excluding hydrogens is 274 g/mol. The van der Waals surface area contributed by atoms with E-state index in [1.165, 1.54) is 16.2 Å². The SMILES string of the molecule is Cc1cccnc1CC(=O)c1cc2c(s1)CCSC2. The van der Waals surface area contributed by atoms with E-state index < -0.39 is 0 Å². The van der Waals surface area contributed by atoms with Gasteiger partial charge < -0.3 is 0 Å². The van der Waals surface area contributed by atoms with Crippen LogP contribution in [0.25, 0.3) is 0 Å². The van der Waals surface area contributed by atoms with Gasteiger partial charge in [-0.1, -0.05) is 6.07 Å². The third-order valence-corrected chi connectivity index (χ3v) is 5.63. The van der Waals surface area contributed by atoms with Gasteiger partial charge in [0.05, 0.1) is 17.0 Å². The second-order valence-electron chi connectivity index (χ2n) is 4.73.